The number of anilines is 1. The van der Waals surface area contributed by atoms with Crippen LogP contribution in [0.25, 0.3) is 0 Å². The summed E-state index contributed by atoms with van der Waals surface area (Å²) in [6, 6.07) is 7.89. The van der Waals surface area contributed by atoms with Crippen molar-refractivity contribution in [3.63, 3.8) is 0 Å². The van der Waals surface area contributed by atoms with Crippen molar-refractivity contribution in [1.82, 2.24) is 0 Å². The average Bonchev–Trinajstić information content (AvgIpc) is 2.28. The van der Waals surface area contributed by atoms with Gasteiger partial charge in [-0.2, -0.15) is 0 Å². The zero-order valence-electron chi connectivity index (χ0n) is 9.65. The van der Waals surface area contributed by atoms with Gasteiger partial charge in [0.05, 0.1) is 6.54 Å². The van der Waals surface area contributed by atoms with E-state index in [0.717, 1.165) is 24.2 Å². The highest BCUT2D eigenvalue weighted by atomic mass is 16.1. The predicted octanol–water partition coefficient (Wildman–Crippen LogP) is 0.847. The van der Waals surface area contributed by atoms with Gasteiger partial charge in [-0.15, -0.1) is 0 Å². The maximum absolute atomic E-state index is 10.9. The van der Waals surface area contributed by atoms with Gasteiger partial charge in [0.1, 0.15) is 0 Å². The number of benzene rings is 1. The Morgan fingerprint density at radius 2 is 1.94 bits per heavy atom. The van der Waals surface area contributed by atoms with Gasteiger partial charge in [0.2, 0.25) is 5.91 Å². The Labute approximate surface area is 96.2 Å². The van der Waals surface area contributed by atoms with Crippen molar-refractivity contribution >= 4 is 11.6 Å². The first-order valence-corrected chi connectivity index (χ1v) is 5.49. The third-order valence-electron chi connectivity index (χ3n) is 2.38. The predicted molar refractivity (Wildman–Crippen MR) is 66.0 cm³/mol. The molecule has 1 aromatic rings. The monoisotopic (exact) mass is 221 g/mol. The van der Waals surface area contributed by atoms with E-state index < -0.39 is 0 Å². The highest BCUT2D eigenvalue weighted by Crippen LogP contribution is 2.15. The van der Waals surface area contributed by atoms with E-state index in [-0.39, 0.29) is 12.5 Å². The molecule has 1 rings (SSSR count). The van der Waals surface area contributed by atoms with Crippen LogP contribution < -0.4 is 16.4 Å². The Bertz CT molecular complexity index is 335. The Hall–Kier alpha value is -1.55. The molecule has 0 bridgehead atoms. The Kier molecular flexibility index (Phi) is 4.79. The molecule has 4 nitrogen and oxygen atoms in total. The molecule has 16 heavy (non-hydrogen) atoms. The summed E-state index contributed by atoms with van der Waals surface area (Å²) in [5.41, 5.74) is 12.8. The summed E-state index contributed by atoms with van der Waals surface area (Å²) >= 11 is 0. The normalized spacial score (nSPS) is 10.1. The molecule has 0 radical (unpaired) electrons. The average molecular weight is 221 g/mol. The number of nitrogens with two attached hydrogens (primary N) is 2. The van der Waals surface area contributed by atoms with Gasteiger partial charge in [0, 0.05) is 18.8 Å². The van der Waals surface area contributed by atoms with Gasteiger partial charge < -0.3 is 16.4 Å². The van der Waals surface area contributed by atoms with Crippen molar-refractivity contribution in [2.45, 2.75) is 19.9 Å². The lowest BCUT2D eigenvalue weighted by Crippen LogP contribution is -2.34. The number of carbonyl (C=O) groups is 1. The second-order valence-electron chi connectivity index (χ2n) is 3.76. The molecule has 0 unspecified atom stereocenters. The zero-order chi connectivity index (χ0) is 12.0. The van der Waals surface area contributed by atoms with E-state index in [4.69, 9.17) is 11.5 Å². The molecule has 0 aliphatic heterocycles. The second kappa shape index (κ2) is 6.12. The first-order valence-electron chi connectivity index (χ1n) is 5.49. The van der Waals surface area contributed by atoms with Crippen molar-refractivity contribution < 1.29 is 4.79 Å². The van der Waals surface area contributed by atoms with Crippen molar-refractivity contribution in [3.8, 4) is 0 Å². The number of hydrogen-bond donors (Lipinski definition) is 2. The molecule has 1 aromatic carbocycles. The highest BCUT2D eigenvalue weighted by Gasteiger charge is 2.07. The first kappa shape index (κ1) is 12.5. The molecule has 0 aromatic heterocycles. The van der Waals surface area contributed by atoms with Gasteiger partial charge in [0.15, 0.2) is 0 Å². The van der Waals surface area contributed by atoms with Gasteiger partial charge in [-0.1, -0.05) is 19.1 Å². The molecule has 0 aliphatic rings. The van der Waals surface area contributed by atoms with E-state index in [2.05, 4.69) is 6.92 Å². The van der Waals surface area contributed by atoms with Crippen LogP contribution in [0.1, 0.15) is 18.9 Å². The second-order valence-corrected chi connectivity index (χ2v) is 3.76. The third kappa shape index (κ3) is 3.55. The standard InChI is InChI=1S/C12H19N3O/c1-2-7-15(9-12(14)16)11-5-3-10(8-13)4-6-11/h3-6H,2,7-9,13H2,1H3,(H2,14,16). The molecule has 0 saturated heterocycles. The molecule has 0 fully saturated rings. The van der Waals surface area contributed by atoms with E-state index >= 15 is 0 Å². The Balaban J connectivity index is 2.79. The molecule has 1 amide bonds. The third-order valence-corrected chi connectivity index (χ3v) is 2.38. The summed E-state index contributed by atoms with van der Waals surface area (Å²) in [4.78, 5) is 12.9. The number of hydrogen-bond acceptors (Lipinski definition) is 3. The lowest BCUT2D eigenvalue weighted by Gasteiger charge is -2.22. The van der Waals surface area contributed by atoms with Crippen LogP contribution in [0.5, 0.6) is 0 Å². The molecule has 0 atom stereocenters. The maximum Gasteiger partial charge on any atom is 0.236 e. The largest absolute Gasteiger partial charge is 0.368 e. The summed E-state index contributed by atoms with van der Waals surface area (Å²) in [5.74, 6) is -0.309. The van der Waals surface area contributed by atoms with Crippen LogP contribution in [0.4, 0.5) is 5.69 Å². The van der Waals surface area contributed by atoms with Crippen LogP contribution in [0, 0.1) is 0 Å². The molecule has 0 aliphatic carbocycles. The highest BCUT2D eigenvalue weighted by molar-refractivity contribution is 5.79. The van der Waals surface area contributed by atoms with Gasteiger partial charge in [-0.25, -0.2) is 0 Å². The van der Waals surface area contributed by atoms with E-state index in [1.165, 1.54) is 0 Å². The van der Waals surface area contributed by atoms with E-state index in [9.17, 15) is 4.79 Å². The van der Waals surface area contributed by atoms with Gasteiger partial charge in [-0.3, -0.25) is 4.79 Å². The van der Waals surface area contributed by atoms with Crippen LogP contribution in [-0.4, -0.2) is 19.0 Å². The summed E-state index contributed by atoms with van der Waals surface area (Å²) < 4.78 is 0. The molecule has 4 N–H and O–H groups in total. The number of carbonyl (C=O) groups excluding carboxylic acids is 1. The molecule has 88 valence electrons. The van der Waals surface area contributed by atoms with E-state index in [1.807, 2.05) is 29.2 Å². The number of primary amides is 1. The van der Waals surface area contributed by atoms with Crippen LogP contribution in [-0.2, 0) is 11.3 Å². The summed E-state index contributed by atoms with van der Waals surface area (Å²) in [6.45, 7) is 3.69. The van der Waals surface area contributed by atoms with Gasteiger partial charge >= 0.3 is 0 Å². The van der Waals surface area contributed by atoms with Crippen LogP contribution in [0.3, 0.4) is 0 Å². The van der Waals surface area contributed by atoms with Gasteiger partial charge in [-0.05, 0) is 24.1 Å². The van der Waals surface area contributed by atoms with Crippen LogP contribution in [0.2, 0.25) is 0 Å². The maximum atomic E-state index is 10.9. The SMILES string of the molecule is CCCN(CC(N)=O)c1ccc(CN)cc1. The first-order chi connectivity index (χ1) is 7.67. The minimum absolute atomic E-state index is 0.260. The lowest BCUT2D eigenvalue weighted by atomic mass is 10.2. The fourth-order valence-corrected chi connectivity index (χ4v) is 1.60. The summed E-state index contributed by atoms with van der Waals surface area (Å²) in [5, 5.41) is 0. The number of rotatable bonds is 6. The lowest BCUT2D eigenvalue weighted by molar-refractivity contribution is -0.116. The van der Waals surface area contributed by atoms with Crippen molar-refractivity contribution in [2.24, 2.45) is 11.5 Å². The summed E-state index contributed by atoms with van der Waals surface area (Å²) in [7, 11) is 0. The fraction of sp³-hybridized carbons (Fsp3) is 0.417. The minimum Gasteiger partial charge on any atom is -0.368 e. The topological polar surface area (TPSA) is 72.3 Å². The Morgan fingerprint density at radius 1 is 1.31 bits per heavy atom. The fourth-order valence-electron chi connectivity index (χ4n) is 1.60. The summed E-state index contributed by atoms with van der Waals surface area (Å²) in [6.07, 6.45) is 0.978. The molecule has 0 spiro atoms. The van der Waals surface area contributed by atoms with Crippen molar-refractivity contribution in [3.05, 3.63) is 29.8 Å². The van der Waals surface area contributed by atoms with Crippen LogP contribution >= 0.6 is 0 Å². The van der Waals surface area contributed by atoms with Crippen molar-refractivity contribution in [1.29, 1.82) is 0 Å². The smallest absolute Gasteiger partial charge is 0.236 e. The Morgan fingerprint density at radius 3 is 2.38 bits per heavy atom. The van der Waals surface area contributed by atoms with Crippen molar-refractivity contribution in [2.75, 3.05) is 18.0 Å². The van der Waals surface area contributed by atoms with Gasteiger partial charge in [0.25, 0.3) is 0 Å². The minimum atomic E-state index is -0.309. The number of amides is 1. The van der Waals surface area contributed by atoms with Crippen LogP contribution in [0.15, 0.2) is 24.3 Å². The zero-order valence-corrected chi connectivity index (χ0v) is 9.65. The van der Waals surface area contributed by atoms with E-state index in [0.29, 0.717) is 6.54 Å². The molecule has 4 heteroatoms. The number of nitrogens with zero attached hydrogens (tertiary/aromatic N) is 1. The molecule has 0 heterocycles. The molecule has 0 saturated carbocycles. The van der Waals surface area contributed by atoms with E-state index in [1.54, 1.807) is 0 Å². The quantitative estimate of drug-likeness (QED) is 0.748. The molecular weight excluding hydrogens is 202 g/mol. The molecular formula is C12H19N3O.